The molecule has 0 saturated heterocycles. The SMILES string of the molecule is CCc1noc(-c2ccc(CCNC(=O)c3ccc4c(c3)CC(N)C4)cc2)n1. The number of aryl methyl sites for hydroxylation is 1. The Morgan fingerprint density at radius 1 is 1.18 bits per heavy atom. The minimum atomic E-state index is -0.0437. The molecule has 0 bridgehead atoms. The lowest BCUT2D eigenvalue weighted by Gasteiger charge is -2.07. The van der Waals surface area contributed by atoms with Crippen LogP contribution in [-0.2, 0) is 25.7 Å². The van der Waals surface area contributed by atoms with Crippen molar-refractivity contribution in [3.63, 3.8) is 0 Å². The monoisotopic (exact) mass is 376 g/mol. The van der Waals surface area contributed by atoms with Crippen molar-refractivity contribution in [2.24, 2.45) is 5.73 Å². The molecule has 0 spiro atoms. The molecule has 4 rings (SSSR count). The molecule has 1 heterocycles. The predicted molar refractivity (Wildman–Crippen MR) is 107 cm³/mol. The van der Waals surface area contributed by atoms with E-state index in [4.69, 9.17) is 10.3 Å². The minimum Gasteiger partial charge on any atom is -0.352 e. The molecule has 1 aliphatic carbocycles. The van der Waals surface area contributed by atoms with Crippen LogP contribution in [0.25, 0.3) is 11.5 Å². The zero-order valence-electron chi connectivity index (χ0n) is 15.9. The standard InChI is InChI=1S/C22H24N4O2/c1-2-20-25-22(28-26-20)15-5-3-14(4-6-15)9-10-24-21(27)17-8-7-16-12-19(23)13-18(16)11-17/h3-8,11,19H,2,9-10,12-13,23H2,1H3,(H,24,27). The van der Waals surface area contributed by atoms with E-state index in [9.17, 15) is 4.79 Å². The van der Waals surface area contributed by atoms with Gasteiger partial charge in [0.1, 0.15) is 0 Å². The van der Waals surface area contributed by atoms with Crippen LogP contribution in [0, 0.1) is 0 Å². The predicted octanol–water partition coefficient (Wildman–Crippen LogP) is 2.70. The number of carbonyl (C=O) groups excluding carboxylic acids is 1. The zero-order chi connectivity index (χ0) is 19.5. The summed E-state index contributed by atoms with van der Waals surface area (Å²) < 4.78 is 5.26. The number of nitrogens with two attached hydrogens (primary N) is 1. The molecule has 28 heavy (non-hydrogen) atoms. The van der Waals surface area contributed by atoms with Crippen LogP contribution < -0.4 is 11.1 Å². The molecule has 1 aliphatic rings. The van der Waals surface area contributed by atoms with Crippen molar-refractivity contribution in [2.45, 2.75) is 38.6 Å². The first-order chi connectivity index (χ1) is 13.6. The third-order valence-electron chi connectivity index (χ3n) is 5.12. The summed E-state index contributed by atoms with van der Waals surface area (Å²) in [7, 11) is 0. The fraction of sp³-hybridized carbons (Fsp3) is 0.318. The Bertz CT molecular complexity index is 978. The van der Waals surface area contributed by atoms with Gasteiger partial charge in [0.05, 0.1) is 0 Å². The highest BCUT2D eigenvalue weighted by molar-refractivity contribution is 5.94. The molecule has 6 nitrogen and oxygen atoms in total. The Hall–Kier alpha value is -2.99. The van der Waals surface area contributed by atoms with Crippen LogP contribution >= 0.6 is 0 Å². The number of nitrogens with one attached hydrogen (secondary N) is 1. The average Bonchev–Trinajstić information content (AvgIpc) is 3.33. The van der Waals surface area contributed by atoms with Crippen molar-refractivity contribution < 1.29 is 9.32 Å². The Labute approximate surface area is 164 Å². The Morgan fingerprint density at radius 2 is 1.96 bits per heavy atom. The van der Waals surface area contributed by atoms with Crippen molar-refractivity contribution >= 4 is 5.91 Å². The molecule has 6 heteroatoms. The second kappa shape index (κ2) is 7.94. The van der Waals surface area contributed by atoms with Gasteiger partial charge >= 0.3 is 0 Å². The largest absolute Gasteiger partial charge is 0.352 e. The molecule has 0 saturated carbocycles. The van der Waals surface area contributed by atoms with Crippen LogP contribution in [-0.4, -0.2) is 28.6 Å². The van der Waals surface area contributed by atoms with Gasteiger partial charge in [-0.2, -0.15) is 4.98 Å². The Balaban J connectivity index is 1.31. The minimum absolute atomic E-state index is 0.0437. The highest BCUT2D eigenvalue weighted by Crippen LogP contribution is 2.22. The molecule has 3 N–H and O–H groups in total. The van der Waals surface area contributed by atoms with E-state index in [1.807, 2.05) is 49.4 Å². The molecule has 0 aliphatic heterocycles. The third-order valence-corrected chi connectivity index (χ3v) is 5.12. The van der Waals surface area contributed by atoms with Gasteiger partial charge in [-0.1, -0.05) is 30.3 Å². The van der Waals surface area contributed by atoms with Gasteiger partial charge in [-0.15, -0.1) is 0 Å². The van der Waals surface area contributed by atoms with Crippen molar-refractivity contribution in [3.05, 3.63) is 70.5 Å². The Kier molecular flexibility index (Phi) is 5.21. The average molecular weight is 376 g/mol. The highest BCUT2D eigenvalue weighted by atomic mass is 16.5. The summed E-state index contributed by atoms with van der Waals surface area (Å²) >= 11 is 0. The van der Waals surface area contributed by atoms with E-state index in [0.29, 0.717) is 23.8 Å². The van der Waals surface area contributed by atoms with Crippen LogP contribution in [0.3, 0.4) is 0 Å². The van der Waals surface area contributed by atoms with Gasteiger partial charge in [0, 0.05) is 30.1 Å². The number of fused-ring (bicyclic) bond motifs is 1. The second-order valence-corrected chi connectivity index (χ2v) is 7.22. The van der Waals surface area contributed by atoms with E-state index < -0.39 is 0 Å². The molecule has 144 valence electrons. The molecule has 1 aromatic heterocycles. The van der Waals surface area contributed by atoms with Crippen molar-refractivity contribution in [3.8, 4) is 11.5 Å². The lowest BCUT2D eigenvalue weighted by Crippen LogP contribution is -2.25. The topological polar surface area (TPSA) is 94.0 Å². The van der Waals surface area contributed by atoms with E-state index >= 15 is 0 Å². The van der Waals surface area contributed by atoms with Crippen LogP contribution in [0.4, 0.5) is 0 Å². The van der Waals surface area contributed by atoms with Gasteiger partial charge in [-0.3, -0.25) is 4.79 Å². The van der Waals surface area contributed by atoms with Crippen molar-refractivity contribution in [2.75, 3.05) is 6.54 Å². The van der Waals surface area contributed by atoms with E-state index in [0.717, 1.165) is 36.8 Å². The number of amides is 1. The van der Waals surface area contributed by atoms with Gasteiger partial charge in [0.15, 0.2) is 5.82 Å². The fourth-order valence-electron chi connectivity index (χ4n) is 3.54. The van der Waals surface area contributed by atoms with Gasteiger partial charge in [0.25, 0.3) is 11.8 Å². The molecular weight excluding hydrogens is 352 g/mol. The van der Waals surface area contributed by atoms with E-state index in [1.54, 1.807) is 0 Å². The number of hydrogen-bond acceptors (Lipinski definition) is 5. The van der Waals surface area contributed by atoms with Crippen molar-refractivity contribution in [1.82, 2.24) is 15.5 Å². The molecule has 0 fully saturated rings. The quantitative estimate of drug-likeness (QED) is 0.690. The summed E-state index contributed by atoms with van der Waals surface area (Å²) in [5.41, 5.74) is 11.2. The normalized spacial score (nSPS) is 15.4. The van der Waals surface area contributed by atoms with Crippen LogP contribution in [0.1, 0.15) is 39.8 Å². The lowest BCUT2D eigenvalue weighted by molar-refractivity contribution is 0.0954. The fourth-order valence-corrected chi connectivity index (χ4v) is 3.54. The molecule has 1 atom stereocenters. The molecule has 0 radical (unpaired) electrons. The summed E-state index contributed by atoms with van der Waals surface area (Å²) in [6.45, 7) is 2.57. The number of rotatable bonds is 6. The van der Waals surface area contributed by atoms with Gasteiger partial charge in [0.2, 0.25) is 0 Å². The van der Waals surface area contributed by atoms with Crippen LogP contribution in [0.5, 0.6) is 0 Å². The van der Waals surface area contributed by atoms with Crippen LogP contribution in [0.2, 0.25) is 0 Å². The van der Waals surface area contributed by atoms with Gasteiger partial charge in [-0.05, 0) is 60.2 Å². The van der Waals surface area contributed by atoms with Gasteiger partial charge < -0.3 is 15.6 Å². The number of hydrogen-bond donors (Lipinski definition) is 2. The highest BCUT2D eigenvalue weighted by Gasteiger charge is 2.19. The lowest BCUT2D eigenvalue weighted by atomic mass is 10.1. The first-order valence-corrected chi connectivity index (χ1v) is 9.70. The van der Waals surface area contributed by atoms with Crippen molar-refractivity contribution in [1.29, 1.82) is 0 Å². The van der Waals surface area contributed by atoms with E-state index in [-0.39, 0.29) is 11.9 Å². The molecule has 2 aromatic carbocycles. The summed E-state index contributed by atoms with van der Waals surface area (Å²) in [5.74, 6) is 1.20. The first kappa shape index (κ1) is 18.4. The van der Waals surface area contributed by atoms with E-state index in [2.05, 4.69) is 15.5 Å². The smallest absolute Gasteiger partial charge is 0.257 e. The number of benzene rings is 2. The maximum Gasteiger partial charge on any atom is 0.257 e. The number of nitrogens with zero attached hydrogens (tertiary/aromatic N) is 2. The van der Waals surface area contributed by atoms with Crippen LogP contribution in [0.15, 0.2) is 47.0 Å². The number of aromatic nitrogens is 2. The summed E-state index contributed by atoms with van der Waals surface area (Å²) in [5, 5.41) is 6.91. The molecule has 1 unspecified atom stereocenters. The zero-order valence-corrected chi connectivity index (χ0v) is 15.9. The molecular formula is C22H24N4O2. The third kappa shape index (κ3) is 3.97. The maximum atomic E-state index is 12.4. The summed E-state index contributed by atoms with van der Waals surface area (Å²) in [6, 6.07) is 14.0. The summed E-state index contributed by atoms with van der Waals surface area (Å²) in [6.07, 6.45) is 3.25. The molecule has 1 amide bonds. The maximum absolute atomic E-state index is 12.4. The van der Waals surface area contributed by atoms with E-state index in [1.165, 1.54) is 11.1 Å². The first-order valence-electron chi connectivity index (χ1n) is 9.70. The second-order valence-electron chi connectivity index (χ2n) is 7.22. The Morgan fingerprint density at radius 3 is 2.71 bits per heavy atom. The number of carbonyl (C=O) groups is 1. The molecule has 3 aromatic rings. The summed E-state index contributed by atoms with van der Waals surface area (Å²) in [4.78, 5) is 16.8. The van der Waals surface area contributed by atoms with Gasteiger partial charge in [-0.25, -0.2) is 0 Å².